The Morgan fingerprint density at radius 1 is 1.15 bits per heavy atom. The summed E-state index contributed by atoms with van der Waals surface area (Å²) in [6, 6.07) is 14.0. The quantitative estimate of drug-likeness (QED) is 0.271. The molecule has 0 aliphatic heterocycles. The first-order valence-corrected chi connectivity index (χ1v) is 11.7. The van der Waals surface area contributed by atoms with Crippen LogP contribution in [-0.4, -0.2) is 25.6 Å². The van der Waals surface area contributed by atoms with Gasteiger partial charge in [0.05, 0.1) is 11.0 Å². The number of carbonyl (C=O) groups excluding carboxylic acids is 1. The molecule has 0 bridgehead atoms. The lowest BCUT2D eigenvalue weighted by Crippen LogP contribution is -2.31. The van der Waals surface area contributed by atoms with Gasteiger partial charge in [-0.3, -0.25) is 19.5 Å². The molecule has 1 heterocycles. The predicted molar refractivity (Wildman–Crippen MR) is 129 cm³/mol. The van der Waals surface area contributed by atoms with E-state index in [0.29, 0.717) is 28.8 Å². The molecule has 8 nitrogen and oxygen atoms in total. The van der Waals surface area contributed by atoms with Gasteiger partial charge in [-0.1, -0.05) is 56.8 Å². The first kappa shape index (κ1) is 24.4. The molecule has 1 aromatic heterocycles. The number of carbonyl (C=O) groups is 1. The van der Waals surface area contributed by atoms with Gasteiger partial charge in [0, 0.05) is 30.0 Å². The average molecular weight is 468 g/mol. The van der Waals surface area contributed by atoms with Crippen molar-refractivity contribution in [2.24, 2.45) is 5.41 Å². The van der Waals surface area contributed by atoms with Crippen LogP contribution < -0.4 is 5.32 Å². The van der Waals surface area contributed by atoms with E-state index in [2.05, 4.69) is 34.6 Å². The second-order valence-corrected chi connectivity index (χ2v) is 10.1. The summed E-state index contributed by atoms with van der Waals surface area (Å²) in [5, 5.41) is 23.5. The minimum absolute atomic E-state index is 0.00835. The van der Waals surface area contributed by atoms with Crippen LogP contribution in [0, 0.1) is 22.5 Å². The summed E-state index contributed by atoms with van der Waals surface area (Å²) < 4.78 is 1.86. The van der Waals surface area contributed by atoms with Gasteiger partial charge in [-0.2, -0.15) is 0 Å². The predicted octanol–water partition coefficient (Wildman–Crippen LogP) is 5.39. The number of nitro benzene ring substituents is 1. The van der Waals surface area contributed by atoms with Gasteiger partial charge in [0.15, 0.2) is 11.0 Å². The Morgan fingerprint density at radius 3 is 2.42 bits per heavy atom. The topological polar surface area (TPSA) is 103 Å². The maximum absolute atomic E-state index is 12.5. The van der Waals surface area contributed by atoms with Crippen molar-refractivity contribution in [3.05, 3.63) is 75.6 Å². The minimum atomic E-state index is -0.431. The molecule has 0 aliphatic rings. The molecule has 0 aliphatic carbocycles. The van der Waals surface area contributed by atoms with E-state index in [-0.39, 0.29) is 17.0 Å². The fourth-order valence-electron chi connectivity index (χ4n) is 3.37. The van der Waals surface area contributed by atoms with Crippen LogP contribution in [0.5, 0.6) is 0 Å². The van der Waals surface area contributed by atoms with Crippen LogP contribution in [0.15, 0.2) is 53.7 Å². The summed E-state index contributed by atoms with van der Waals surface area (Å²) in [5.74, 6) is 1.20. The number of aryl methyl sites for hydroxylation is 1. The number of non-ortho nitro benzene ring substituents is 1. The second kappa shape index (κ2) is 10.2. The molecular formula is C24H29N5O3S. The van der Waals surface area contributed by atoms with E-state index in [9.17, 15) is 14.9 Å². The number of aromatic nitrogens is 3. The standard InChI is InChI=1S/C24H29N5O3S/c1-16-8-6-7-9-18(16)15-33-23-27-26-22(17(2)25-21(30)14-24(3,4)5)28(23)19-10-12-20(13-11-19)29(31)32/h6-13,17H,14-15H2,1-5H3,(H,25,30). The van der Waals surface area contributed by atoms with Crippen LogP contribution in [0.1, 0.15) is 57.1 Å². The zero-order chi connectivity index (χ0) is 24.2. The zero-order valence-electron chi connectivity index (χ0n) is 19.5. The van der Waals surface area contributed by atoms with Crippen molar-refractivity contribution in [3.63, 3.8) is 0 Å². The number of thioether (sulfide) groups is 1. The Balaban J connectivity index is 1.93. The highest BCUT2D eigenvalue weighted by Gasteiger charge is 2.23. The van der Waals surface area contributed by atoms with E-state index in [1.54, 1.807) is 12.1 Å². The maximum Gasteiger partial charge on any atom is 0.269 e. The minimum Gasteiger partial charge on any atom is -0.346 e. The van der Waals surface area contributed by atoms with Gasteiger partial charge >= 0.3 is 0 Å². The average Bonchev–Trinajstić information content (AvgIpc) is 3.16. The van der Waals surface area contributed by atoms with E-state index in [0.717, 1.165) is 0 Å². The second-order valence-electron chi connectivity index (χ2n) is 9.19. The molecule has 0 fully saturated rings. The van der Waals surface area contributed by atoms with Gasteiger partial charge in [-0.15, -0.1) is 10.2 Å². The molecule has 0 spiro atoms. The highest BCUT2D eigenvalue weighted by Crippen LogP contribution is 2.29. The third-order valence-corrected chi connectivity index (χ3v) is 6.03. The van der Waals surface area contributed by atoms with Crippen molar-refractivity contribution in [1.82, 2.24) is 20.1 Å². The molecule has 0 saturated carbocycles. The molecule has 3 rings (SSSR count). The third kappa shape index (κ3) is 6.41. The largest absolute Gasteiger partial charge is 0.346 e. The Hall–Kier alpha value is -3.20. The van der Waals surface area contributed by atoms with Crippen LogP contribution in [0.2, 0.25) is 0 Å². The summed E-state index contributed by atoms with van der Waals surface area (Å²) in [6.45, 7) is 9.96. The number of rotatable bonds is 8. The number of nitrogens with zero attached hydrogens (tertiary/aromatic N) is 4. The van der Waals surface area contributed by atoms with Crippen LogP contribution >= 0.6 is 11.8 Å². The molecule has 3 aromatic rings. The van der Waals surface area contributed by atoms with E-state index in [1.807, 2.05) is 44.4 Å². The van der Waals surface area contributed by atoms with Crippen molar-refractivity contribution in [3.8, 4) is 5.69 Å². The van der Waals surface area contributed by atoms with Crippen molar-refractivity contribution < 1.29 is 9.72 Å². The Kier molecular flexibility index (Phi) is 7.53. The molecule has 174 valence electrons. The molecule has 1 unspecified atom stereocenters. The first-order valence-electron chi connectivity index (χ1n) is 10.7. The fraction of sp³-hybridized carbons (Fsp3) is 0.375. The van der Waals surface area contributed by atoms with E-state index < -0.39 is 11.0 Å². The van der Waals surface area contributed by atoms with E-state index in [1.165, 1.54) is 35.0 Å². The Bertz CT molecular complexity index is 1140. The molecule has 2 aromatic carbocycles. The van der Waals surface area contributed by atoms with Gasteiger partial charge in [0.1, 0.15) is 0 Å². The summed E-state index contributed by atoms with van der Waals surface area (Å²) >= 11 is 1.53. The monoisotopic (exact) mass is 467 g/mol. The highest BCUT2D eigenvalue weighted by molar-refractivity contribution is 7.98. The number of nitrogens with one attached hydrogen (secondary N) is 1. The fourth-order valence-corrected chi connectivity index (χ4v) is 4.41. The van der Waals surface area contributed by atoms with Gasteiger partial charge in [-0.05, 0) is 42.5 Å². The van der Waals surface area contributed by atoms with Crippen LogP contribution in [0.4, 0.5) is 5.69 Å². The number of hydrogen-bond donors (Lipinski definition) is 1. The Labute approximate surface area is 198 Å². The van der Waals surface area contributed by atoms with Crippen LogP contribution in [0.3, 0.4) is 0 Å². The highest BCUT2D eigenvalue weighted by atomic mass is 32.2. The zero-order valence-corrected chi connectivity index (χ0v) is 20.3. The molecule has 33 heavy (non-hydrogen) atoms. The van der Waals surface area contributed by atoms with Crippen LogP contribution in [-0.2, 0) is 10.5 Å². The lowest BCUT2D eigenvalue weighted by atomic mass is 9.92. The molecule has 0 saturated heterocycles. The number of benzene rings is 2. The SMILES string of the molecule is Cc1ccccc1CSc1nnc(C(C)NC(=O)CC(C)(C)C)n1-c1ccc([N+](=O)[O-])cc1. The van der Waals surface area contributed by atoms with Crippen molar-refractivity contribution in [1.29, 1.82) is 0 Å². The number of hydrogen-bond acceptors (Lipinski definition) is 6. The normalized spacial score (nSPS) is 12.4. The lowest BCUT2D eigenvalue weighted by Gasteiger charge is -2.20. The first-order chi connectivity index (χ1) is 15.5. The van der Waals surface area contributed by atoms with Gasteiger partial charge in [-0.25, -0.2) is 0 Å². The maximum atomic E-state index is 12.5. The molecule has 1 N–H and O–H groups in total. The summed E-state index contributed by atoms with van der Waals surface area (Å²) in [4.78, 5) is 23.2. The van der Waals surface area contributed by atoms with E-state index >= 15 is 0 Å². The van der Waals surface area contributed by atoms with Gasteiger partial charge in [0.25, 0.3) is 5.69 Å². The third-order valence-electron chi connectivity index (χ3n) is 5.05. The summed E-state index contributed by atoms with van der Waals surface area (Å²) in [7, 11) is 0. The molecule has 1 atom stereocenters. The number of nitro groups is 1. The van der Waals surface area contributed by atoms with Gasteiger partial charge < -0.3 is 5.32 Å². The van der Waals surface area contributed by atoms with Crippen molar-refractivity contribution >= 4 is 23.4 Å². The number of amides is 1. The van der Waals surface area contributed by atoms with Crippen molar-refractivity contribution in [2.75, 3.05) is 0 Å². The van der Waals surface area contributed by atoms with Crippen molar-refractivity contribution in [2.45, 2.75) is 58.0 Å². The molecular weight excluding hydrogens is 438 g/mol. The van der Waals surface area contributed by atoms with E-state index in [4.69, 9.17) is 0 Å². The van der Waals surface area contributed by atoms with Gasteiger partial charge in [0.2, 0.25) is 5.91 Å². The molecule has 1 amide bonds. The molecule has 0 radical (unpaired) electrons. The molecule has 9 heteroatoms. The summed E-state index contributed by atoms with van der Waals surface area (Å²) in [6.07, 6.45) is 0.387. The lowest BCUT2D eigenvalue weighted by molar-refractivity contribution is -0.384. The summed E-state index contributed by atoms with van der Waals surface area (Å²) in [5.41, 5.74) is 2.95. The Morgan fingerprint density at radius 2 is 1.82 bits per heavy atom. The smallest absolute Gasteiger partial charge is 0.269 e. The van der Waals surface area contributed by atoms with Crippen LogP contribution in [0.25, 0.3) is 5.69 Å².